The lowest BCUT2D eigenvalue weighted by atomic mass is 9.87. The van der Waals surface area contributed by atoms with E-state index in [0.29, 0.717) is 6.04 Å². The SMILES string of the molecule is [2H]c1cc(-c2ncnc3c2sc2c4cc(CC(C)(C)C)ccc4sc32)cc2cc(CC(C)(C)C)ccc12. The van der Waals surface area contributed by atoms with Crippen LogP contribution in [0.4, 0.5) is 0 Å². The Kier molecular flexibility index (Phi) is 5.20. The molecule has 6 aromatic rings. The molecule has 3 aromatic heterocycles. The van der Waals surface area contributed by atoms with Crippen molar-refractivity contribution in [3.05, 3.63) is 72.0 Å². The summed E-state index contributed by atoms with van der Waals surface area (Å²) in [6, 6.07) is 18.1. The summed E-state index contributed by atoms with van der Waals surface area (Å²) < 4.78 is 13.7. The Hall–Kier alpha value is -2.82. The van der Waals surface area contributed by atoms with E-state index in [4.69, 9.17) is 11.3 Å². The lowest BCUT2D eigenvalue weighted by Crippen LogP contribution is -2.08. The van der Waals surface area contributed by atoms with E-state index in [1.165, 1.54) is 30.6 Å². The maximum Gasteiger partial charge on any atom is 0.116 e. The highest BCUT2D eigenvalue weighted by atomic mass is 32.1. The van der Waals surface area contributed by atoms with Gasteiger partial charge in [-0.25, -0.2) is 9.97 Å². The van der Waals surface area contributed by atoms with Gasteiger partial charge in [-0.1, -0.05) is 77.9 Å². The summed E-state index contributed by atoms with van der Waals surface area (Å²) in [6.45, 7) is 13.7. The molecule has 0 aliphatic carbocycles. The fourth-order valence-corrected chi connectivity index (χ4v) is 7.78. The predicted octanol–water partition coefficient (Wildman–Crippen LogP) is 10.1. The Morgan fingerprint density at radius 1 is 0.722 bits per heavy atom. The summed E-state index contributed by atoms with van der Waals surface area (Å²) in [5.74, 6) is 0. The molecule has 36 heavy (non-hydrogen) atoms. The lowest BCUT2D eigenvalue weighted by molar-refractivity contribution is 0.411. The zero-order chi connectivity index (χ0) is 26.1. The van der Waals surface area contributed by atoms with Gasteiger partial charge >= 0.3 is 0 Å². The van der Waals surface area contributed by atoms with Gasteiger partial charge in [0.15, 0.2) is 0 Å². The van der Waals surface area contributed by atoms with E-state index in [1.54, 1.807) is 17.7 Å². The van der Waals surface area contributed by atoms with Crippen LogP contribution in [0.1, 0.15) is 54.0 Å². The Balaban J connectivity index is 1.52. The van der Waals surface area contributed by atoms with Crippen LogP contribution in [-0.4, -0.2) is 9.97 Å². The monoisotopic (exact) mass is 509 g/mol. The van der Waals surface area contributed by atoms with E-state index in [9.17, 15) is 0 Å². The van der Waals surface area contributed by atoms with E-state index >= 15 is 0 Å². The molecule has 0 aliphatic rings. The third-order valence-electron chi connectivity index (χ3n) is 6.48. The number of benzene rings is 3. The molecule has 0 radical (unpaired) electrons. The molecular weight excluding hydrogens is 477 g/mol. The van der Waals surface area contributed by atoms with E-state index in [-0.39, 0.29) is 10.8 Å². The second-order valence-electron chi connectivity index (χ2n) is 12.4. The summed E-state index contributed by atoms with van der Waals surface area (Å²) in [5.41, 5.74) is 6.08. The van der Waals surface area contributed by atoms with Crippen molar-refractivity contribution in [2.45, 2.75) is 54.4 Å². The summed E-state index contributed by atoms with van der Waals surface area (Å²) in [4.78, 5) is 9.48. The number of hydrogen-bond acceptors (Lipinski definition) is 4. The number of rotatable bonds is 3. The molecular formula is C32H32N2S2. The molecule has 0 unspecified atom stereocenters. The molecule has 182 valence electrons. The maximum atomic E-state index is 8.75. The molecule has 0 atom stereocenters. The van der Waals surface area contributed by atoms with Gasteiger partial charge in [0.05, 0.1) is 21.2 Å². The molecule has 4 heteroatoms. The van der Waals surface area contributed by atoms with Crippen molar-refractivity contribution in [3.63, 3.8) is 0 Å². The first-order chi connectivity index (χ1) is 17.4. The van der Waals surface area contributed by atoms with E-state index in [2.05, 4.69) is 84.0 Å². The summed E-state index contributed by atoms with van der Waals surface area (Å²) in [7, 11) is 0. The number of fused-ring (bicyclic) bond motifs is 6. The minimum Gasteiger partial charge on any atom is -0.235 e. The molecule has 3 aromatic carbocycles. The molecule has 2 nitrogen and oxygen atoms in total. The molecule has 0 saturated carbocycles. The van der Waals surface area contributed by atoms with Crippen molar-refractivity contribution in [2.24, 2.45) is 10.8 Å². The molecule has 0 spiro atoms. The summed E-state index contributed by atoms with van der Waals surface area (Å²) in [6.07, 6.45) is 3.74. The largest absolute Gasteiger partial charge is 0.235 e. The number of aromatic nitrogens is 2. The van der Waals surface area contributed by atoms with Gasteiger partial charge in [-0.05, 0) is 63.8 Å². The van der Waals surface area contributed by atoms with Crippen LogP contribution in [0, 0.1) is 10.8 Å². The standard InChI is InChI=1S/C32H32N2S2/c1-31(2,3)16-19-7-9-21-10-11-22(15-23(21)13-19)26-29-27(34-18-33-26)30-28(36-29)24-14-20(17-32(4,5)6)8-12-25(24)35-30/h7-15,18H,16-17H2,1-6H3/i10D. The van der Waals surface area contributed by atoms with Gasteiger partial charge in [-0.15, -0.1) is 22.7 Å². The minimum absolute atomic E-state index is 0.214. The van der Waals surface area contributed by atoms with Crippen LogP contribution in [0.25, 0.3) is 51.7 Å². The Morgan fingerprint density at radius 2 is 1.44 bits per heavy atom. The smallest absolute Gasteiger partial charge is 0.116 e. The minimum atomic E-state index is 0.214. The number of nitrogens with zero attached hydrogens (tertiary/aromatic N) is 2. The molecule has 6 rings (SSSR count). The predicted molar refractivity (Wildman–Crippen MR) is 160 cm³/mol. The van der Waals surface area contributed by atoms with Crippen LogP contribution in [0.5, 0.6) is 0 Å². The highest BCUT2D eigenvalue weighted by molar-refractivity contribution is 7.36. The second-order valence-corrected chi connectivity index (χ2v) is 14.5. The maximum absolute atomic E-state index is 8.75. The van der Waals surface area contributed by atoms with E-state index in [0.717, 1.165) is 45.1 Å². The number of thiophene rings is 2. The van der Waals surface area contributed by atoms with Crippen LogP contribution >= 0.6 is 22.7 Å². The van der Waals surface area contributed by atoms with Crippen molar-refractivity contribution >= 4 is 63.1 Å². The fraction of sp³-hybridized carbons (Fsp3) is 0.312. The van der Waals surface area contributed by atoms with Gasteiger partial charge < -0.3 is 0 Å². The zero-order valence-corrected chi connectivity index (χ0v) is 23.5. The topological polar surface area (TPSA) is 25.8 Å². The molecule has 0 N–H and O–H groups in total. The van der Waals surface area contributed by atoms with Crippen molar-refractivity contribution in [1.82, 2.24) is 9.97 Å². The Labute approximate surface area is 222 Å². The Bertz CT molecular complexity index is 1810. The van der Waals surface area contributed by atoms with Crippen molar-refractivity contribution in [1.29, 1.82) is 0 Å². The molecule has 0 fully saturated rings. The molecule has 3 heterocycles. The van der Waals surface area contributed by atoms with Crippen LogP contribution in [0.2, 0.25) is 0 Å². The van der Waals surface area contributed by atoms with E-state index < -0.39 is 0 Å². The van der Waals surface area contributed by atoms with Crippen LogP contribution in [0.15, 0.2) is 60.9 Å². The van der Waals surface area contributed by atoms with Crippen molar-refractivity contribution < 1.29 is 1.37 Å². The third-order valence-corrected chi connectivity index (χ3v) is 9.01. The second kappa shape index (κ2) is 8.36. The fourth-order valence-electron chi connectivity index (χ4n) is 5.13. The third kappa shape index (κ3) is 4.42. The van der Waals surface area contributed by atoms with Gasteiger partial charge in [0, 0.05) is 15.6 Å². The van der Waals surface area contributed by atoms with Gasteiger partial charge in [0.1, 0.15) is 11.8 Å². The van der Waals surface area contributed by atoms with Crippen molar-refractivity contribution in [3.8, 4) is 11.3 Å². The first kappa shape index (κ1) is 22.4. The summed E-state index contributed by atoms with van der Waals surface area (Å²) >= 11 is 3.62. The van der Waals surface area contributed by atoms with Gasteiger partial charge in [-0.3, -0.25) is 0 Å². The summed E-state index contributed by atoms with van der Waals surface area (Å²) in [5, 5.41) is 3.41. The van der Waals surface area contributed by atoms with Crippen molar-refractivity contribution in [2.75, 3.05) is 0 Å². The molecule has 0 saturated heterocycles. The lowest BCUT2D eigenvalue weighted by Gasteiger charge is -2.18. The first-order valence-electron chi connectivity index (χ1n) is 13.1. The Morgan fingerprint density at radius 3 is 2.19 bits per heavy atom. The highest BCUT2D eigenvalue weighted by Crippen LogP contribution is 2.46. The van der Waals surface area contributed by atoms with Gasteiger partial charge in [0.25, 0.3) is 0 Å². The molecule has 0 bridgehead atoms. The van der Waals surface area contributed by atoms with Gasteiger partial charge in [-0.2, -0.15) is 0 Å². The average molecular weight is 510 g/mol. The van der Waals surface area contributed by atoms with Gasteiger partial charge in [0.2, 0.25) is 0 Å². The van der Waals surface area contributed by atoms with E-state index in [1.807, 2.05) is 17.4 Å². The quantitative estimate of drug-likeness (QED) is 0.237. The molecule has 0 amide bonds. The zero-order valence-electron chi connectivity index (χ0n) is 22.8. The average Bonchev–Trinajstić information content (AvgIpc) is 3.33. The highest BCUT2D eigenvalue weighted by Gasteiger charge is 2.19. The first-order valence-corrected chi connectivity index (χ1v) is 14.2. The van der Waals surface area contributed by atoms with Crippen LogP contribution < -0.4 is 0 Å². The van der Waals surface area contributed by atoms with Crippen LogP contribution in [-0.2, 0) is 12.8 Å². The number of hydrogen-bond donors (Lipinski definition) is 0. The normalized spacial score (nSPS) is 13.3. The van der Waals surface area contributed by atoms with Crippen LogP contribution in [0.3, 0.4) is 0 Å². The molecule has 0 aliphatic heterocycles.